The average Bonchev–Trinajstić information content (AvgIpc) is 2.33. The number of benzene rings is 2. The third-order valence-corrected chi connectivity index (χ3v) is 4.72. The molecule has 0 saturated heterocycles. The largest absolute Gasteiger partial charge is 0.294 e. The molecule has 0 aliphatic heterocycles. The van der Waals surface area contributed by atoms with Crippen molar-refractivity contribution in [1.82, 2.24) is 0 Å². The molecule has 0 atom stereocenters. The number of carbonyl (C=O) groups excluding carboxylic acids is 1. The minimum absolute atomic E-state index is 0.0214. The number of rotatable bonds is 3. The zero-order valence-corrected chi connectivity index (χ0v) is 13.8. The molecule has 0 fully saturated rings. The lowest BCUT2D eigenvalue weighted by molar-refractivity contribution is 0.101. The summed E-state index contributed by atoms with van der Waals surface area (Å²) >= 11 is 16.9. The Morgan fingerprint density at radius 3 is 2.53 bits per heavy atom. The zero-order chi connectivity index (χ0) is 14.0. The van der Waals surface area contributed by atoms with Gasteiger partial charge in [-0.1, -0.05) is 50.9 Å². The van der Waals surface area contributed by atoms with Gasteiger partial charge in [-0.3, -0.25) is 4.79 Å². The van der Waals surface area contributed by atoms with Gasteiger partial charge in [-0.15, -0.1) is 0 Å². The molecule has 0 spiro atoms. The molecule has 0 unspecified atom stereocenters. The van der Waals surface area contributed by atoms with Crippen LogP contribution in [-0.4, -0.2) is 5.78 Å². The minimum Gasteiger partial charge on any atom is -0.294 e. The fraction of sp³-hybridized carbons (Fsp3) is 0.0714. The van der Waals surface area contributed by atoms with Gasteiger partial charge in [0.1, 0.15) is 0 Å². The molecule has 0 amide bonds. The second kappa shape index (κ2) is 6.31. The Balaban J connectivity index is 2.45. The summed E-state index contributed by atoms with van der Waals surface area (Å²) in [5.74, 6) is 0.0214. The molecular weight excluding hydrogens is 367 g/mol. The Morgan fingerprint density at radius 1 is 1.11 bits per heavy atom. The van der Waals surface area contributed by atoms with Gasteiger partial charge in [0.25, 0.3) is 0 Å². The first-order valence-corrected chi connectivity index (χ1v) is 7.77. The van der Waals surface area contributed by atoms with E-state index in [1.807, 2.05) is 12.1 Å². The van der Waals surface area contributed by atoms with Crippen LogP contribution < -0.4 is 0 Å². The average molecular weight is 376 g/mol. The number of halogens is 3. The Hall–Kier alpha value is -0.480. The maximum atomic E-state index is 11.6. The smallest absolute Gasteiger partial charge is 0.160 e. The molecule has 0 aliphatic carbocycles. The highest BCUT2D eigenvalue weighted by Crippen LogP contribution is 2.37. The number of hydrogen-bond acceptors (Lipinski definition) is 2. The van der Waals surface area contributed by atoms with Crippen LogP contribution in [0.3, 0.4) is 0 Å². The topological polar surface area (TPSA) is 17.1 Å². The normalized spacial score (nSPS) is 10.5. The molecule has 1 nitrogen and oxygen atoms in total. The molecular formula is C14H9BrCl2OS. The first-order valence-electron chi connectivity index (χ1n) is 5.41. The molecule has 0 saturated carbocycles. The summed E-state index contributed by atoms with van der Waals surface area (Å²) in [5.41, 5.74) is 0.671. The number of hydrogen-bond donors (Lipinski definition) is 0. The van der Waals surface area contributed by atoms with Crippen molar-refractivity contribution in [3.8, 4) is 0 Å². The highest BCUT2D eigenvalue weighted by Gasteiger charge is 2.11. The molecule has 98 valence electrons. The molecule has 0 N–H and O–H groups in total. The van der Waals surface area contributed by atoms with Gasteiger partial charge in [0.15, 0.2) is 5.78 Å². The van der Waals surface area contributed by atoms with E-state index in [1.165, 1.54) is 11.8 Å². The number of carbonyl (C=O) groups is 1. The summed E-state index contributed by atoms with van der Waals surface area (Å²) in [6, 6.07) is 10.8. The number of ketones is 1. The Labute approximate surface area is 134 Å². The van der Waals surface area contributed by atoms with E-state index in [2.05, 4.69) is 15.9 Å². The van der Waals surface area contributed by atoms with Crippen molar-refractivity contribution in [1.29, 1.82) is 0 Å². The van der Waals surface area contributed by atoms with E-state index in [9.17, 15) is 4.79 Å². The van der Waals surface area contributed by atoms with Crippen LogP contribution in [0.5, 0.6) is 0 Å². The lowest BCUT2D eigenvalue weighted by atomic mass is 10.1. The summed E-state index contributed by atoms with van der Waals surface area (Å²) in [7, 11) is 0. The highest BCUT2D eigenvalue weighted by atomic mass is 79.9. The second-order valence-electron chi connectivity index (χ2n) is 3.87. The summed E-state index contributed by atoms with van der Waals surface area (Å²) < 4.78 is 0.915. The van der Waals surface area contributed by atoms with Crippen LogP contribution in [0.4, 0.5) is 0 Å². The predicted molar refractivity (Wildman–Crippen MR) is 84.7 cm³/mol. The summed E-state index contributed by atoms with van der Waals surface area (Å²) in [5, 5.41) is 1.23. The summed E-state index contributed by atoms with van der Waals surface area (Å²) in [4.78, 5) is 13.3. The Kier molecular flexibility index (Phi) is 4.96. The van der Waals surface area contributed by atoms with E-state index in [4.69, 9.17) is 23.2 Å². The van der Waals surface area contributed by atoms with Crippen LogP contribution in [0.15, 0.2) is 50.7 Å². The van der Waals surface area contributed by atoms with E-state index in [1.54, 1.807) is 31.2 Å². The summed E-state index contributed by atoms with van der Waals surface area (Å²) in [6.45, 7) is 1.55. The fourth-order valence-corrected chi connectivity index (χ4v) is 3.62. The van der Waals surface area contributed by atoms with Crippen LogP contribution in [0.1, 0.15) is 17.3 Å². The first-order chi connectivity index (χ1) is 8.97. The van der Waals surface area contributed by atoms with Gasteiger partial charge in [0, 0.05) is 24.8 Å². The predicted octanol–water partition coefficient (Wildman–Crippen LogP) is 6.11. The van der Waals surface area contributed by atoms with E-state index < -0.39 is 0 Å². The molecule has 0 heterocycles. The van der Waals surface area contributed by atoms with Gasteiger partial charge in [-0.25, -0.2) is 0 Å². The van der Waals surface area contributed by atoms with E-state index >= 15 is 0 Å². The molecule has 2 aromatic rings. The van der Waals surface area contributed by atoms with Crippen molar-refractivity contribution in [2.75, 3.05) is 0 Å². The zero-order valence-electron chi connectivity index (χ0n) is 9.91. The van der Waals surface area contributed by atoms with Gasteiger partial charge in [0.2, 0.25) is 0 Å². The highest BCUT2D eigenvalue weighted by molar-refractivity contribution is 9.10. The van der Waals surface area contributed by atoms with E-state index in [0.29, 0.717) is 15.6 Å². The van der Waals surface area contributed by atoms with Crippen LogP contribution in [0, 0.1) is 0 Å². The Bertz CT molecular complexity index is 643. The molecule has 0 radical (unpaired) electrons. The van der Waals surface area contributed by atoms with Crippen molar-refractivity contribution in [2.24, 2.45) is 0 Å². The molecule has 19 heavy (non-hydrogen) atoms. The van der Waals surface area contributed by atoms with Crippen molar-refractivity contribution in [2.45, 2.75) is 16.7 Å². The van der Waals surface area contributed by atoms with Gasteiger partial charge in [-0.2, -0.15) is 0 Å². The van der Waals surface area contributed by atoms with Crippen molar-refractivity contribution >= 4 is 56.7 Å². The molecule has 0 aromatic heterocycles. The van der Waals surface area contributed by atoms with Crippen molar-refractivity contribution in [3.63, 3.8) is 0 Å². The van der Waals surface area contributed by atoms with Crippen LogP contribution >= 0.6 is 50.9 Å². The fourth-order valence-electron chi connectivity index (χ4n) is 1.55. The third-order valence-electron chi connectivity index (χ3n) is 2.44. The molecule has 0 aliphatic rings. The molecule has 0 bridgehead atoms. The minimum atomic E-state index is 0.0214. The standard InChI is InChI=1S/C14H9BrCl2OS/c1-8(18)11-4-2-9(15)6-13(11)19-14-7-10(16)3-5-12(14)17/h2-7H,1H3. The summed E-state index contributed by atoms with van der Waals surface area (Å²) in [6.07, 6.45) is 0. The van der Waals surface area contributed by atoms with Crippen LogP contribution in [-0.2, 0) is 0 Å². The maximum absolute atomic E-state index is 11.6. The van der Waals surface area contributed by atoms with Gasteiger partial charge < -0.3 is 0 Å². The van der Waals surface area contributed by atoms with E-state index in [0.717, 1.165) is 14.3 Å². The molecule has 2 rings (SSSR count). The Morgan fingerprint density at radius 2 is 1.84 bits per heavy atom. The quantitative estimate of drug-likeness (QED) is 0.602. The van der Waals surface area contributed by atoms with Gasteiger partial charge in [-0.05, 0) is 43.3 Å². The monoisotopic (exact) mass is 374 g/mol. The van der Waals surface area contributed by atoms with Crippen molar-refractivity contribution in [3.05, 3.63) is 56.5 Å². The third kappa shape index (κ3) is 3.76. The number of Topliss-reactive ketones (excluding diaryl/α,β-unsaturated/α-hetero) is 1. The van der Waals surface area contributed by atoms with E-state index in [-0.39, 0.29) is 5.78 Å². The van der Waals surface area contributed by atoms with Crippen LogP contribution in [0.2, 0.25) is 10.0 Å². The maximum Gasteiger partial charge on any atom is 0.160 e. The molecule has 2 aromatic carbocycles. The van der Waals surface area contributed by atoms with Crippen molar-refractivity contribution < 1.29 is 4.79 Å². The second-order valence-corrected chi connectivity index (χ2v) is 6.72. The van der Waals surface area contributed by atoms with Gasteiger partial charge in [0.05, 0.1) is 5.02 Å². The lowest BCUT2D eigenvalue weighted by Crippen LogP contribution is -1.94. The lowest BCUT2D eigenvalue weighted by Gasteiger charge is -2.09. The van der Waals surface area contributed by atoms with Gasteiger partial charge >= 0.3 is 0 Å². The molecule has 5 heteroatoms. The SMILES string of the molecule is CC(=O)c1ccc(Br)cc1Sc1cc(Cl)ccc1Cl. The van der Waals surface area contributed by atoms with Crippen LogP contribution in [0.25, 0.3) is 0 Å². The first kappa shape index (κ1) is 14.9.